The zero-order valence-corrected chi connectivity index (χ0v) is 11.4. The number of nitrogens with zero attached hydrogens (tertiary/aromatic N) is 3. The van der Waals surface area contributed by atoms with Crippen molar-refractivity contribution in [1.29, 1.82) is 0 Å². The van der Waals surface area contributed by atoms with Gasteiger partial charge in [-0.1, -0.05) is 23.7 Å². The Morgan fingerprint density at radius 3 is 2.76 bits per heavy atom. The third-order valence-corrected chi connectivity index (χ3v) is 3.26. The lowest BCUT2D eigenvalue weighted by Gasteiger charge is -2.03. The number of benzene rings is 1. The monoisotopic (exact) mass is 297 g/mol. The van der Waals surface area contributed by atoms with Crippen LogP contribution in [0, 0.1) is 0 Å². The standard InChI is InChI=1S/C15H8ClN3O2/c16-12-6-5-9(7-17-12)20-15-14-13(18-8-19-15)10-3-1-2-4-11(10)21-14/h1-8H. The predicted octanol–water partition coefficient (Wildman–Crippen LogP) is 4.22. The van der Waals surface area contributed by atoms with Crippen molar-refractivity contribution >= 4 is 33.7 Å². The van der Waals surface area contributed by atoms with Crippen LogP contribution in [-0.4, -0.2) is 15.0 Å². The van der Waals surface area contributed by atoms with E-state index in [9.17, 15) is 0 Å². The lowest BCUT2D eigenvalue weighted by Crippen LogP contribution is -1.90. The van der Waals surface area contributed by atoms with Crippen molar-refractivity contribution in [2.75, 3.05) is 0 Å². The molecule has 0 aliphatic heterocycles. The lowest BCUT2D eigenvalue weighted by molar-refractivity contribution is 0.454. The van der Waals surface area contributed by atoms with Crippen LogP contribution in [-0.2, 0) is 0 Å². The van der Waals surface area contributed by atoms with Crippen LogP contribution in [0.25, 0.3) is 22.1 Å². The van der Waals surface area contributed by atoms with Gasteiger partial charge in [0.05, 0.1) is 6.20 Å². The Bertz CT molecular complexity index is 935. The van der Waals surface area contributed by atoms with E-state index in [4.69, 9.17) is 20.8 Å². The topological polar surface area (TPSA) is 61.0 Å². The maximum absolute atomic E-state index is 5.78. The Kier molecular flexibility index (Phi) is 2.72. The summed E-state index contributed by atoms with van der Waals surface area (Å²) < 4.78 is 11.5. The molecule has 102 valence electrons. The number of pyridine rings is 1. The van der Waals surface area contributed by atoms with Gasteiger partial charge in [-0.15, -0.1) is 0 Å². The van der Waals surface area contributed by atoms with Crippen LogP contribution in [0.1, 0.15) is 0 Å². The minimum absolute atomic E-state index is 0.348. The van der Waals surface area contributed by atoms with Gasteiger partial charge in [-0.2, -0.15) is 4.98 Å². The van der Waals surface area contributed by atoms with Crippen molar-refractivity contribution in [2.24, 2.45) is 0 Å². The van der Waals surface area contributed by atoms with Gasteiger partial charge in [0.25, 0.3) is 5.88 Å². The van der Waals surface area contributed by atoms with Crippen LogP contribution in [0.5, 0.6) is 11.6 Å². The molecule has 1 aromatic carbocycles. The average Bonchev–Trinajstić information content (AvgIpc) is 2.89. The van der Waals surface area contributed by atoms with E-state index in [1.807, 2.05) is 24.3 Å². The molecule has 4 aromatic rings. The Morgan fingerprint density at radius 2 is 1.90 bits per heavy atom. The molecule has 0 atom stereocenters. The highest BCUT2D eigenvalue weighted by Crippen LogP contribution is 2.33. The lowest BCUT2D eigenvalue weighted by atomic mass is 10.2. The third kappa shape index (κ3) is 2.08. The molecule has 6 heteroatoms. The fourth-order valence-corrected chi connectivity index (χ4v) is 2.22. The second kappa shape index (κ2) is 4.71. The number of hydrogen-bond donors (Lipinski definition) is 0. The van der Waals surface area contributed by atoms with Gasteiger partial charge in [-0.3, -0.25) is 0 Å². The normalized spacial score (nSPS) is 11.1. The van der Waals surface area contributed by atoms with Crippen molar-refractivity contribution < 1.29 is 9.15 Å². The van der Waals surface area contributed by atoms with Crippen molar-refractivity contribution in [1.82, 2.24) is 15.0 Å². The molecule has 21 heavy (non-hydrogen) atoms. The number of ether oxygens (including phenoxy) is 1. The van der Waals surface area contributed by atoms with E-state index in [2.05, 4.69) is 15.0 Å². The van der Waals surface area contributed by atoms with Crippen molar-refractivity contribution in [2.45, 2.75) is 0 Å². The first-order chi connectivity index (χ1) is 10.3. The molecule has 3 heterocycles. The molecule has 0 aliphatic carbocycles. The summed E-state index contributed by atoms with van der Waals surface area (Å²) in [5.41, 5.74) is 1.97. The molecule has 0 saturated carbocycles. The third-order valence-electron chi connectivity index (χ3n) is 3.04. The molecule has 0 aliphatic rings. The number of para-hydroxylation sites is 1. The molecule has 0 amide bonds. The number of hydrogen-bond acceptors (Lipinski definition) is 5. The Morgan fingerprint density at radius 1 is 1.00 bits per heavy atom. The molecule has 0 bridgehead atoms. The van der Waals surface area contributed by atoms with Crippen LogP contribution in [0.15, 0.2) is 53.3 Å². The number of aromatic nitrogens is 3. The van der Waals surface area contributed by atoms with Gasteiger partial charge in [0.15, 0.2) is 0 Å². The first-order valence-electron chi connectivity index (χ1n) is 6.23. The Hall–Kier alpha value is -2.66. The fraction of sp³-hybridized carbons (Fsp3) is 0. The highest BCUT2D eigenvalue weighted by atomic mass is 35.5. The summed E-state index contributed by atoms with van der Waals surface area (Å²) in [7, 11) is 0. The molecule has 4 rings (SSSR count). The van der Waals surface area contributed by atoms with Crippen LogP contribution in [0.2, 0.25) is 5.15 Å². The van der Waals surface area contributed by atoms with E-state index < -0.39 is 0 Å². The number of fused-ring (bicyclic) bond motifs is 3. The maximum Gasteiger partial charge on any atom is 0.267 e. The van der Waals surface area contributed by atoms with E-state index in [0.29, 0.717) is 22.4 Å². The molecular formula is C15H8ClN3O2. The Labute approximate surface area is 124 Å². The molecule has 5 nitrogen and oxygen atoms in total. The summed E-state index contributed by atoms with van der Waals surface area (Å²) in [5.74, 6) is 0.875. The molecule has 0 spiro atoms. The minimum Gasteiger partial charge on any atom is -0.449 e. The predicted molar refractivity (Wildman–Crippen MR) is 78.6 cm³/mol. The van der Waals surface area contributed by atoms with Gasteiger partial charge in [0.2, 0.25) is 5.58 Å². The van der Waals surface area contributed by atoms with Crippen molar-refractivity contribution in [3.05, 3.63) is 54.1 Å². The van der Waals surface area contributed by atoms with E-state index in [-0.39, 0.29) is 0 Å². The van der Waals surface area contributed by atoms with Crippen LogP contribution < -0.4 is 4.74 Å². The van der Waals surface area contributed by atoms with Crippen molar-refractivity contribution in [3.8, 4) is 11.6 Å². The fourth-order valence-electron chi connectivity index (χ4n) is 2.11. The van der Waals surface area contributed by atoms with Crippen LogP contribution in [0.3, 0.4) is 0 Å². The molecule has 0 N–H and O–H groups in total. The number of rotatable bonds is 2. The molecular weight excluding hydrogens is 290 g/mol. The number of furan rings is 1. The summed E-state index contributed by atoms with van der Waals surface area (Å²) in [4.78, 5) is 12.4. The van der Waals surface area contributed by atoms with Gasteiger partial charge in [0, 0.05) is 5.39 Å². The second-order valence-electron chi connectivity index (χ2n) is 4.37. The van der Waals surface area contributed by atoms with Crippen LogP contribution >= 0.6 is 11.6 Å². The highest BCUT2D eigenvalue weighted by Gasteiger charge is 2.14. The van der Waals surface area contributed by atoms with Crippen molar-refractivity contribution in [3.63, 3.8) is 0 Å². The van der Waals surface area contributed by atoms with E-state index in [0.717, 1.165) is 16.5 Å². The molecule has 0 unspecified atom stereocenters. The van der Waals surface area contributed by atoms with E-state index in [1.54, 1.807) is 12.1 Å². The molecule has 3 aromatic heterocycles. The molecule has 0 saturated heterocycles. The average molecular weight is 298 g/mol. The van der Waals surface area contributed by atoms with Gasteiger partial charge in [0.1, 0.15) is 28.3 Å². The van der Waals surface area contributed by atoms with Gasteiger partial charge >= 0.3 is 0 Å². The first-order valence-corrected chi connectivity index (χ1v) is 6.61. The summed E-state index contributed by atoms with van der Waals surface area (Å²) in [6.07, 6.45) is 2.97. The second-order valence-corrected chi connectivity index (χ2v) is 4.76. The summed E-state index contributed by atoms with van der Waals surface area (Å²) in [6.45, 7) is 0. The van der Waals surface area contributed by atoms with E-state index >= 15 is 0 Å². The largest absolute Gasteiger partial charge is 0.449 e. The smallest absolute Gasteiger partial charge is 0.267 e. The maximum atomic E-state index is 5.78. The minimum atomic E-state index is 0.348. The highest BCUT2D eigenvalue weighted by molar-refractivity contribution is 6.29. The molecule has 0 fully saturated rings. The summed E-state index contributed by atoms with van der Waals surface area (Å²) in [5, 5.41) is 1.33. The van der Waals surface area contributed by atoms with E-state index in [1.165, 1.54) is 12.5 Å². The van der Waals surface area contributed by atoms with Crippen LogP contribution in [0.4, 0.5) is 0 Å². The molecule has 0 radical (unpaired) electrons. The zero-order chi connectivity index (χ0) is 14.2. The summed E-state index contributed by atoms with van der Waals surface area (Å²) in [6, 6.07) is 11.0. The summed E-state index contributed by atoms with van der Waals surface area (Å²) >= 11 is 5.75. The number of halogens is 1. The van der Waals surface area contributed by atoms with Gasteiger partial charge in [-0.05, 0) is 24.3 Å². The quantitative estimate of drug-likeness (QED) is 0.518. The Balaban J connectivity index is 1.86. The zero-order valence-electron chi connectivity index (χ0n) is 10.7. The van der Waals surface area contributed by atoms with Gasteiger partial charge < -0.3 is 9.15 Å². The SMILES string of the molecule is Clc1ccc(Oc2ncnc3c2oc2ccccc23)cn1. The van der Waals surface area contributed by atoms with Gasteiger partial charge in [-0.25, -0.2) is 9.97 Å². The first kappa shape index (κ1) is 12.1.